The van der Waals surface area contributed by atoms with E-state index in [2.05, 4.69) is 5.10 Å². The summed E-state index contributed by atoms with van der Waals surface area (Å²) in [6.45, 7) is 4.86. The first-order chi connectivity index (χ1) is 9.35. The van der Waals surface area contributed by atoms with Crippen LogP contribution in [0, 0.1) is 10.1 Å². The summed E-state index contributed by atoms with van der Waals surface area (Å²) in [5.74, 6) is 0.512. The second kappa shape index (κ2) is 5.40. The third kappa shape index (κ3) is 2.77. The Labute approximate surface area is 118 Å². The van der Waals surface area contributed by atoms with Crippen LogP contribution in [0.1, 0.15) is 38.8 Å². The molecule has 1 aliphatic heterocycles. The minimum absolute atomic E-state index is 0.0899. The van der Waals surface area contributed by atoms with Crippen LogP contribution in [0.3, 0.4) is 0 Å². The first-order valence-electron chi connectivity index (χ1n) is 7.03. The van der Waals surface area contributed by atoms with Crippen molar-refractivity contribution in [2.45, 2.75) is 45.1 Å². The van der Waals surface area contributed by atoms with Gasteiger partial charge in [-0.1, -0.05) is 13.3 Å². The van der Waals surface area contributed by atoms with E-state index >= 15 is 0 Å². The highest BCUT2D eigenvalue weighted by molar-refractivity contribution is 5.62. The first kappa shape index (κ1) is 14.8. The number of anilines is 1. The molecule has 20 heavy (non-hydrogen) atoms. The van der Waals surface area contributed by atoms with Crippen molar-refractivity contribution in [2.75, 3.05) is 18.0 Å². The van der Waals surface area contributed by atoms with E-state index < -0.39 is 5.60 Å². The van der Waals surface area contributed by atoms with Crippen molar-refractivity contribution in [2.24, 2.45) is 7.05 Å². The monoisotopic (exact) mass is 282 g/mol. The van der Waals surface area contributed by atoms with Gasteiger partial charge in [0.05, 0.1) is 10.5 Å². The fourth-order valence-electron chi connectivity index (χ4n) is 2.91. The highest BCUT2D eigenvalue weighted by Gasteiger charge is 2.35. The van der Waals surface area contributed by atoms with Gasteiger partial charge in [-0.3, -0.25) is 10.1 Å². The quantitative estimate of drug-likeness (QED) is 0.670. The van der Waals surface area contributed by atoms with Crippen LogP contribution >= 0.6 is 0 Å². The van der Waals surface area contributed by atoms with Gasteiger partial charge in [0.25, 0.3) is 0 Å². The summed E-state index contributed by atoms with van der Waals surface area (Å²) in [7, 11) is 1.73. The van der Waals surface area contributed by atoms with Crippen molar-refractivity contribution in [3.05, 3.63) is 15.8 Å². The number of piperidine rings is 1. The van der Waals surface area contributed by atoms with Gasteiger partial charge >= 0.3 is 5.69 Å². The average Bonchev–Trinajstić information content (AvgIpc) is 2.65. The molecule has 1 unspecified atom stereocenters. The molecular weight excluding hydrogens is 260 g/mol. The summed E-state index contributed by atoms with van der Waals surface area (Å²) in [6.07, 6.45) is 2.94. The number of nitro groups is 1. The number of hydrogen-bond acceptors (Lipinski definition) is 5. The Balaban J connectivity index is 2.42. The van der Waals surface area contributed by atoms with Gasteiger partial charge < -0.3 is 10.0 Å². The first-order valence-corrected chi connectivity index (χ1v) is 7.03. The number of hydrogen-bond donors (Lipinski definition) is 1. The zero-order valence-corrected chi connectivity index (χ0v) is 12.3. The topological polar surface area (TPSA) is 84.4 Å². The smallest absolute Gasteiger partial charge is 0.334 e. The number of nitrogens with zero attached hydrogens (tertiary/aromatic N) is 4. The molecule has 1 aliphatic rings. The molecule has 0 spiro atoms. The fourth-order valence-corrected chi connectivity index (χ4v) is 2.91. The van der Waals surface area contributed by atoms with Crippen LogP contribution in [0.4, 0.5) is 11.5 Å². The maximum Gasteiger partial charge on any atom is 0.334 e. The molecule has 0 radical (unpaired) electrons. The molecule has 0 aromatic carbocycles. The SMILES string of the molecule is CCCc1nn(C)c(N2CCCC(C)(O)C2)c1[N+](=O)[O-]. The van der Waals surface area contributed by atoms with Gasteiger partial charge in [-0.05, 0) is 26.2 Å². The predicted octanol–water partition coefficient (Wildman–Crippen LogP) is 1.63. The van der Waals surface area contributed by atoms with E-state index in [1.165, 1.54) is 0 Å². The number of rotatable bonds is 4. The highest BCUT2D eigenvalue weighted by atomic mass is 16.6. The number of aryl methyl sites for hydroxylation is 2. The van der Waals surface area contributed by atoms with Crippen molar-refractivity contribution >= 4 is 11.5 Å². The Morgan fingerprint density at radius 3 is 2.80 bits per heavy atom. The molecule has 1 fully saturated rings. The normalized spacial score (nSPS) is 23.1. The average molecular weight is 282 g/mol. The molecule has 1 saturated heterocycles. The molecule has 7 heteroatoms. The van der Waals surface area contributed by atoms with Crippen LogP contribution in [0.15, 0.2) is 0 Å². The Morgan fingerprint density at radius 1 is 1.55 bits per heavy atom. The lowest BCUT2D eigenvalue weighted by molar-refractivity contribution is -0.384. The van der Waals surface area contributed by atoms with Gasteiger partial charge in [0.1, 0.15) is 5.69 Å². The molecule has 0 bridgehead atoms. The Hall–Kier alpha value is -1.63. The molecule has 1 atom stereocenters. The molecule has 7 nitrogen and oxygen atoms in total. The summed E-state index contributed by atoms with van der Waals surface area (Å²) in [5, 5.41) is 25.9. The molecule has 0 aliphatic carbocycles. The van der Waals surface area contributed by atoms with Crippen molar-refractivity contribution in [3.63, 3.8) is 0 Å². The Kier molecular flexibility index (Phi) is 3.99. The number of aliphatic hydroxyl groups is 1. The van der Waals surface area contributed by atoms with Crippen LogP contribution < -0.4 is 4.90 Å². The van der Waals surface area contributed by atoms with Gasteiger partial charge in [0.15, 0.2) is 0 Å². The van der Waals surface area contributed by atoms with Crippen LogP contribution in [0.5, 0.6) is 0 Å². The van der Waals surface area contributed by atoms with Crippen LogP contribution in [0.2, 0.25) is 0 Å². The van der Waals surface area contributed by atoms with E-state index in [-0.39, 0.29) is 10.6 Å². The molecular formula is C13H22N4O3. The molecule has 1 aromatic rings. The Bertz CT molecular complexity index is 510. The van der Waals surface area contributed by atoms with Gasteiger partial charge in [-0.25, -0.2) is 4.68 Å². The van der Waals surface area contributed by atoms with Crippen LogP contribution in [-0.4, -0.2) is 38.5 Å². The minimum Gasteiger partial charge on any atom is -0.388 e. The summed E-state index contributed by atoms with van der Waals surface area (Å²) in [6, 6.07) is 0. The summed E-state index contributed by atoms with van der Waals surface area (Å²) < 4.78 is 1.57. The summed E-state index contributed by atoms with van der Waals surface area (Å²) >= 11 is 0. The third-order valence-corrected chi connectivity index (χ3v) is 3.71. The minimum atomic E-state index is -0.804. The van der Waals surface area contributed by atoms with E-state index in [1.54, 1.807) is 18.7 Å². The van der Waals surface area contributed by atoms with E-state index in [1.807, 2.05) is 11.8 Å². The van der Waals surface area contributed by atoms with Crippen molar-refractivity contribution in [3.8, 4) is 0 Å². The maximum absolute atomic E-state index is 11.4. The Morgan fingerprint density at radius 2 is 2.25 bits per heavy atom. The summed E-state index contributed by atoms with van der Waals surface area (Å²) in [4.78, 5) is 12.9. The van der Waals surface area contributed by atoms with Crippen molar-refractivity contribution in [1.29, 1.82) is 0 Å². The second-order valence-electron chi connectivity index (χ2n) is 5.77. The number of aromatic nitrogens is 2. The van der Waals surface area contributed by atoms with Gasteiger partial charge in [-0.2, -0.15) is 5.10 Å². The highest BCUT2D eigenvalue weighted by Crippen LogP contribution is 2.35. The largest absolute Gasteiger partial charge is 0.388 e. The molecule has 0 saturated carbocycles. The maximum atomic E-state index is 11.4. The lowest BCUT2D eigenvalue weighted by atomic mass is 9.95. The lowest BCUT2D eigenvalue weighted by Crippen LogP contribution is -2.47. The predicted molar refractivity (Wildman–Crippen MR) is 75.9 cm³/mol. The molecule has 112 valence electrons. The van der Waals surface area contributed by atoms with Gasteiger partial charge in [0, 0.05) is 20.1 Å². The van der Waals surface area contributed by atoms with Crippen molar-refractivity contribution < 1.29 is 10.0 Å². The zero-order valence-electron chi connectivity index (χ0n) is 12.3. The third-order valence-electron chi connectivity index (χ3n) is 3.71. The molecule has 0 amide bonds. The van der Waals surface area contributed by atoms with Crippen LogP contribution in [0.25, 0.3) is 0 Å². The molecule has 1 N–H and O–H groups in total. The molecule has 2 heterocycles. The second-order valence-corrected chi connectivity index (χ2v) is 5.77. The number of β-amino-alcohol motifs (C(OH)–C–C–N with tert-alkyl or cyclic N) is 1. The zero-order chi connectivity index (χ0) is 14.9. The van der Waals surface area contributed by atoms with Crippen molar-refractivity contribution in [1.82, 2.24) is 9.78 Å². The van der Waals surface area contributed by atoms with E-state index in [0.29, 0.717) is 31.0 Å². The van der Waals surface area contributed by atoms with E-state index in [0.717, 1.165) is 19.3 Å². The standard InChI is InChI=1S/C13H22N4O3/c1-4-6-10-11(17(19)20)12(15(3)14-10)16-8-5-7-13(2,18)9-16/h18H,4-9H2,1-3H3. The van der Waals surface area contributed by atoms with Gasteiger partial charge in [0.2, 0.25) is 5.82 Å². The van der Waals surface area contributed by atoms with Crippen LogP contribution in [-0.2, 0) is 13.5 Å². The summed E-state index contributed by atoms with van der Waals surface area (Å²) in [5.41, 5.74) is -0.186. The lowest BCUT2D eigenvalue weighted by Gasteiger charge is -2.37. The fraction of sp³-hybridized carbons (Fsp3) is 0.769. The molecule has 2 rings (SSSR count). The van der Waals surface area contributed by atoms with E-state index in [9.17, 15) is 15.2 Å². The van der Waals surface area contributed by atoms with E-state index in [4.69, 9.17) is 0 Å². The molecule has 1 aromatic heterocycles. The van der Waals surface area contributed by atoms with Gasteiger partial charge in [-0.15, -0.1) is 0 Å².